The van der Waals surface area contributed by atoms with Crippen LogP contribution in [-0.4, -0.2) is 43.6 Å². The molecule has 1 unspecified atom stereocenters. The predicted molar refractivity (Wildman–Crippen MR) is 133 cm³/mol. The van der Waals surface area contributed by atoms with Crippen LogP contribution < -0.4 is 14.4 Å². The van der Waals surface area contributed by atoms with Crippen LogP contribution in [0.1, 0.15) is 34.5 Å². The molecule has 1 fully saturated rings. The molecule has 0 spiro atoms. The number of rotatable bonds is 7. The average Bonchev–Trinajstić information content (AvgIpc) is 3.18. The monoisotopic (exact) mass is 487 g/mol. The second kappa shape index (κ2) is 10.4. The number of methoxy groups -OCH3 is 2. The maximum absolute atomic E-state index is 13.3. The smallest absolute Gasteiger partial charge is 0.338 e. The van der Waals surface area contributed by atoms with Crippen molar-refractivity contribution in [2.24, 2.45) is 0 Å². The number of amides is 1. The highest BCUT2D eigenvalue weighted by Gasteiger charge is 2.47. The van der Waals surface area contributed by atoms with E-state index in [-0.39, 0.29) is 23.5 Å². The first-order valence-electron chi connectivity index (χ1n) is 11.3. The van der Waals surface area contributed by atoms with E-state index in [9.17, 15) is 19.5 Å². The van der Waals surface area contributed by atoms with Crippen molar-refractivity contribution in [3.63, 3.8) is 0 Å². The number of ketones is 1. The van der Waals surface area contributed by atoms with Crippen molar-refractivity contribution in [1.82, 2.24) is 0 Å². The number of nitrogens with zero attached hydrogens (tertiary/aromatic N) is 1. The largest absolute Gasteiger partial charge is 0.507 e. The number of aliphatic hydroxyl groups is 1. The van der Waals surface area contributed by atoms with Gasteiger partial charge in [-0.05, 0) is 61.0 Å². The van der Waals surface area contributed by atoms with Crippen molar-refractivity contribution in [2.75, 3.05) is 25.7 Å². The molecule has 1 atom stereocenters. The second-order valence-electron chi connectivity index (χ2n) is 7.91. The molecule has 3 aromatic rings. The van der Waals surface area contributed by atoms with E-state index < -0.39 is 23.7 Å². The van der Waals surface area contributed by atoms with Crippen LogP contribution in [0.5, 0.6) is 11.5 Å². The third kappa shape index (κ3) is 4.40. The van der Waals surface area contributed by atoms with Crippen molar-refractivity contribution < 1.29 is 33.7 Å². The van der Waals surface area contributed by atoms with Crippen LogP contribution in [0.25, 0.3) is 5.76 Å². The third-order valence-electron chi connectivity index (χ3n) is 5.89. The summed E-state index contributed by atoms with van der Waals surface area (Å²) in [5.41, 5.74) is 1.48. The summed E-state index contributed by atoms with van der Waals surface area (Å²) < 4.78 is 15.6. The van der Waals surface area contributed by atoms with Crippen LogP contribution in [0, 0.1) is 0 Å². The van der Waals surface area contributed by atoms with E-state index in [4.69, 9.17) is 14.2 Å². The zero-order chi connectivity index (χ0) is 25.8. The summed E-state index contributed by atoms with van der Waals surface area (Å²) in [4.78, 5) is 40.0. The fourth-order valence-corrected chi connectivity index (χ4v) is 4.16. The molecule has 184 valence electrons. The number of carbonyl (C=O) groups excluding carboxylic acids is 3. The summed E-state index contributed by atoms with van der Waals surface area (Å²) in [5, 5.41) is 11.3. The lowest BCUT2D eigenvalue weighted by atomic mass is 9.94. The fraction of sp³-hybridized carbons (Fsp3) is 0.179. The quantitative estimate of drug-likeness (QED) is 0.226. The molecule has 4 rings (SSSR count). The van der Waals surface area contributed by atoms with E-state index in [1.54, 1.807) is 67.6 Å². The molecule has 1 N–H and O–H groups in total. The first-order chi connectivity index (χ1) is 17.4. The Morgan fingerprint density at radius 2 is 1.58 bits per heavy atom. The Balaban J connectivity index is 1.88. The van der Waals surface area contributed by atoms with Gasteiger partial charge in [0, 0.05) is 5.69 Å². The summed E-state index contributed by atoms with van der Waals surface area (Å²) in [7, 11) is 2.99. The Morgan fingerprint density at radius 1 is 0.917 bits per heavy atom. The number of benzene rings is 3. The minimum absolute atomic E-state index is 0.0795. The van der Waals surface area contributed by atoms with Crippen molar-refractivity contribution in [1.29, 1.82) is 0 Å². The molecule has 0 saturated carbocycles. The number of aliphatic hydroxyl groups excluding tert-OH is 1. The van der Waals surface area contributed by atoms with Crippen LogP contribution in [0.4, 0.5) is 5.69 Å². The number of hydrogen-bond donors (Lipinski definition) is 1. The van der Waals surface area contributed by atoms with Gasteiger partial charge in [0.15, 0.2) is 0 Å². The first kappa shape index (κ1) is 24.5. The van der Waals surface area contributed by atoms with Crippen molar-refractivity contribution in [2.45, 2.75) is 13.0 Å². The maximum Gasteiger partial charge on any atom is 0.338 e. The van der Waals surface area contributed by atoms with Gasteiger partial charge >= 0.3 is 5.97 Å². The van der Waals surface area contributed by atoms with Gasteiger partial charge in [-0.15, -0.1) is 0 Å². The van der Waals surface area contributed by atoms with Crippen LogP contribution in [0.3, 0.4) is 0 Å². The van der Waals surface area contributed by atoms with E-state index in [2.05, 4.69) is 0 Å². The third-order valence-corrected chi connectivity index (χ3v) is 5.89. The molecular weight excluding hydrogens is 462 g/mol. The van der Waals surface area contributed by atoms with Gasteiger partial charge in [-0.3, -0.25) is 14.5 Å². The average molecular weight is 488 g/mol. The van der Waals surface area contributed by atoms with Crippen LogP contribution in [0.15, 0.2) is 78.4 Å². The van der Waals surface area contributed by atoms with E-state index in [1.165, 1.54) is 31.3 Å². The summed E-state index contributed by atoms with van der Waals surface area (Å²) in [6, 6.07) is 18.8. The minimum Gasteiger partial charge on any atom is -0.507 e. The standard InChI is InChI=1S/C28H25NO7/c1-4-36-28(33)18-9-13-19(14-10-18)29-24(17-11-15-20(34-2)16-12-17)23(26(31)27(29)32)25(30)21-7-5-6-8-22(21)35-3/h5-16,24,30H,4H2,1-3H3/b25-23+. The van der Waals surface area contributed by atoms with Gasteiger partial charge in [-0.1, -0.05) is 24.3 Å². The van der Waals surface area contributed by atoms with Gasteiger partial charge in [0.05, 0.1) is 43.6 Å². The highest BCUT2D eigenvalue weighted by atomic mass is 16.5. The molecular formula is C28H25NO7. The van der Waals surface area contributed by atoms with Crippen LogP contribution in [-0.2, 0) is 14.3 Å². The van der Waals surface area contributed by atoms with Crippen LogP contribution in [0.2, 0.25) is 0 Å². The van der Waals surface area contributed by atoms with E-state index in [0.29, 0.717) is 28.3 Å². The number of Topliss-reactive ketones (excluding diaryl/α,β-unsaturated/α-hetero) is 1. The Hall–Kier alpha value is -4.59. The lowest BCUT2D eigenvalue weighted by Crippen LogP contribution is -2.29. The van der Waals surface area contributed by atoms with E-state index in [0.717, 1.165) is 0 Å². The molecule has 3 aromatic carbocycles. The lowest BCUT2D eigenvalue weighted by Gasteiger charge is -2.26. The molecule has 0 radical (unpaired) electrons. The summed E-state index contributed by atoms with van der Waals surface area (Å²) in [6.45, 7) is 1.94. The van der Waals surface area contributed by atoms with Crippen molar-refractivity contribution in [3.05, 3.63) is 95.1 Å². The fourth-order valence-electron chi connectivity index (χ4n) is 4.16. The lowest BCUT2D eigenvalue weighted by molar-refractivity contribution is -0.132. The first-order valence-corrected chi connectivity index (χ1v) is 11.3. The van der Waals surface area contributed by atoms with Gasteiger partial charge in [0.1, 0.15) is 17.3 Å². The molecule has 0 bridgehead atoms. The molecule has 1 aliphatic heterocycles. The highest BCUT2D eigenvalue weighted by molar-refractivity contribution is 6.51. The molecule has 8 heteroatoms. The molecule has 8 nitrogen and oxygen atoms in total. The molecule has 1 amide bonds. The summed E-state index contributed by atoms with van der Waals surface area (Å²) in [5.74, 6) is -1.54. The summed E-state index contributed by atoms with van der Waals surface area (Å²) in [6.07, 6.45) is 0. The number of esters is 1. The highest BCUT2D eigenvalue weighted by Crippen LogP contribution is 2.43. The second-order valence-corrected chi connectivity index (χ2v) is 7.91. The number of hydrogen-bond acceptors (Lipinski definition) is 7. The number of anilines is 1. The molecule has 1 aliphatic rings. The van der Waals surface area contributed by atoms with Crippen molar-refractivity contribution >= 4 is 29.1 Å². The number of ether oxygens (including phenoxy) is 3. The topological polar surface area (TPSA) is 102 Å². The van der Waals surface area contributed by atoms with Gasteiger partial charge in [-0.25, -0.2) is 4.79 Å². The van der Waals surface area contributed by atoms with Gasteiger partial charge < -0.3 is 19.3 Å². The normalized spacial score (nSPS) is 16.6. The Morgan fingerprint density at radius 3 is 2.19 bits per heavy atom. The van der Waals surface area contributed by atoms with Crippen molar-refractivity contribution in [3.8, 4) is 11.5 Å². The van der Waals surface area contributed by atoms with Gasteiger partial charge in [-0.2, -0.15) is 0 Å². The Labute approximate surface area is 208 Å². The zero-order valence-corrected chi connectivity index (χ0v) is 20.1. The van der Waals surface area contributed by atoms with E-state index >= 15 is 0 Å². The van der Waals surface area contributed by atoms with Gasteiger partial charge in [0.2, 0.25) is 0 Å². The molecule has 0 aromatic heterocycles. The number of carbonyl (C=O) groups is 3. The minimum atomic E-state index is -0.936. The molecule has 1 heterocycles. The molecule has 36 heavy (non-hydrogen) atoms. The van der Waals surface area contributed by atoms with Gasteiger partial charge in [0.25, 0.3) is 11.7 Å². The Bertz CT molecular complexity index is 1330. The Kier molecular flexibility index (Phi) is 7.05. The molecule has 0 aliphatic carbocycles. The molecule has 1 saturated heterocycles. The maximum atomic E-state index is 13.3. The number of para-hydroxylation sites is 1. The van der Waals surface area contributed by atoms with Crippen LogP contribution >= 0.6 is 0 Å². The predicted octanol–water partition coefficient (Wildman–Crippen LogP) is 4.51. The van der Waals surface area contributed by atoms with E-state index in [1.807, 2.05) is 0 Å². The SMILES string of the molecule is CCOC(=O)c1ccc(N2C(=O)C(=O)/C(=C(/O)c3ccccc3OC)C2c2ccc(OC)cc2)cc1. The zero-order valence-electron chi connectivity index (χ0n) is 20.1. The summed E-state index contributed by atoms with van der Waals surface area (Å²) >= 11 is 0.